The maximum absolute atomic E-state index is 11.6. The third-order valence-corrected chi connectivity index (χ3v) is 3.01. The second kappa shape index (κ2) is 6.74. The highest BCUT2D eigenvalue weighted by atomic mass is 16.6. The van der Waals surface area contributed by atoms with Gasteiger partial charge < -0.3 is 15.0 Å². The van der Waals surface area contributed by atoms with Gasteiger partial charge in [-0.05, 0) is 52.6 Å². The van der Waals surface area contributed by atoms with Crippen LogP contribution in [0.25, 0.3) is 0 Å². The minimum Gasteiger partial charge on any atom is -0.447 e. The van der Waals surface area contributed by atoms with Gasteiger partial charge in [0, 0.05) is 13.1 Å². The fourth-order valence-corrected chi connectivity index (χ4v) is 2.03. The van der Waals surface area contributed by atoms with E-state index in [1.165, 1.54) is 6.42 Å². The Bertz CT molecular complexity index is 211. The highest BCUT2D eigenvalue weighted by molar-refractivity contribution is 5.67. The topological polar surface area (TPSA) is 41.6 Å². The van der Waals surface area contributed by atoms with Gasteiger partial charge in [0.25, 0.3) is 0 Å². The molecule has 1 aliphatic rings. The van der Waals surface area contributed by atoms with Gasteiger partial charge in [-0.1, -0.05) is 0 Å². The van der Waals surface area contributed by atoms with E-state index in [4.69, 9.17) is 4.74 Å². The van der Waals surface area contributed by atoms with Gasteiger partial charge >= 0.3 is 6.09 Å². The number of carbonyl (C=O) groups excluding carboxylic acids is 1. The third kappa shape index (κ3) is 4.39. The Labute approximate surface area is 98.3 Å². The van der Waals surface area contributed by atoms with E-state index in [2.05, 4.69) is 5.32 Å². The van der Waals surface area contributed by atoms with Crippen LogP contribution in [-0.2, 0) is 4.74 Å². The zero-order valence-corrected chi connectivity index (χ0v) is 10.7. The van der Waals surface area contributed by atoms with Gasteiger partial charge in [-0.15, -0.1) is 0 Å². The van der Waals surface area contributed by atoms with Gasteiger partial charge in [0.2, 0.25) is 0 Å². The number of carbonyl (C=O) groups is 1. The predicted octanol–water partition coefficient (Wildman–Crippen LogP) is 1.85. The van der Waals surface area contributed by atoms with Crippen LogP contribution in [0.2, 0.25) is 0 Å². The molecule has 4 nitrogen and oxygen atoms in total. The van der Waals surface area contributed by atoms with Crippen molar-refractivity contribution in [2.75, 3.05) is 26.7 Å². The molecule has 4 heteroatoms. The molecule has 0 radical (unpaired) electrons. The minimum atomic E-state index is -0.151. The van der Waals surface area contributed by atoms with Crippen molar-refractivity contribution in [3.8, 4) is 0 Å². The molecule has 0 saturated carbocycles. The number of likely N-dealkylation sites (tertiary alicyclic amines) is 1. The van der Waals surface area contributed by atoms with Crippen molar-refractivity contribution in [1.82, 2.24) is 10.2 Å². The van der Waals surface area contributed by atoms with Crippen LogP contribution in [0.15, 0.2) is 0 Å². The molecule has 16 heavy (non-hydrogen) atoms. The normalized spacial score (nSPS) is 17.9. The van der Waals surface area contributed by atoms with Crippen LogP contribution in [0.3, 0.4) is 0 Å². The summed E-state index contributed by atoms with van der Waals surface area (Å²) >= 11 is 0. The van der Waals surface area contributed by atoms with E-state index in [1.54, 1.807) is 0 Å². The molecule has 1 N–H and O–H groups in total. The smallest absolute Gasteiger partial charge is 0.410 e. The van der Waals surface area contributed by atoms with E-state index in [1.807, 2.05) is 25.8 Å². The fraction of sp³-hybridized carbons (Fsp3) is 0.917. The molecule has 0 atom stereocenters. The third-order valence-electron chi connectivity index (χ3n) is 3.01. The van der Waals surface area contributed by atoms with Crippen molar-refractivity contribution in [1.29, 1.82) is 0 Å². The van der Waals surface area contributed by atoms with Crippen molar-refractivity contribution in [3.63, 3.8) is 0 Å². The zero-order valence-electron chi connectivity index (χ0n) is 10.7. The van der Waals surface area contributed by atoms with Crippen LogP contribution in [0.4, 0.5) is 4.79 Å². The summed E-state index contributed by atoms with van der Waals surface area (Å²) in [7, 11) is 1.98. The molecule has 1 amide bonds. The van der Waals surface area contributed by atoms with Crippen molar-refractivity contribution >= 4 is 6.09 Å². The lowest BCUT2D eigenvalue weighted by atomic mass is 9.94. The average Bonchev–Trinajstić information content (AvgIpc) is 2.26. The van der Waals surface area contributed by atoms with Gasteiger partial charge in [0.1, 0.15) is 0 Å². The fourth-order valence-electron chi connectivity index (χ4n) is 2.03. The van der Waals surface area contributed by atoms with Crippen molar-refractivity contribution < 1.29 is 9.53 Å². The molecule has 0 spiro atoms. The molecule has 1 heterocycles. The largest absolute Gasteiger partial charge is 0.447 e. The minimum absolute atomic E-state index is 0.0190. The Morgan fingerprint density at radius 2 is 2.06 bits per heavy atom. The van der Waals surface area contributed by atoms with Gasteiger partial charge in [-0.25, -0.2) is 4.79 Å². The standard InChI is InChI=1S/C12H24N2O2/c1-10(2)16-12(15)14-8-5-11(6-9-14)4-7-13-3/h10-11,13H,4-9H2,1-3H3. The van der Waals surface area contributed by atoms with E-state index in [-0.39, 0.29) is 12.2 Å². The summed E-state index contributed by atoms with van der Waals surface area (Å²) in [4.78, 5) is 13.4. The first kappa shape index (κ1) is 13.3. The van der Waals surface area contributed by atoms with Crippen LogP contribution in [-0.4, -0.2) is 43.8 Å². The second-order valence-corrected chi connectivity index (χ2v) is 4.76. The van der Waals surface area contributed by atoms with E-state index in [0.717, 1.165) is 38.4 Å². The summed E-state index contributed by atoms with van der Waals surface area (Å²) < 4.78 is 5.18. The molecular weight excluding hydrogens is 204 g/mol. The lowest BCUT2D eigenvalue weighted by Gasteiger charge is -2.31. The van der Waals surface area contributed by atoms with Crippen LogP contribution in [0, 0.1) is 5.92 Å². The van der Waals surface area contributed by atoms with E-state index in [9.17, 15) is 4.79 Å². The van der Waals surface area contributed by atoms with E-state index >= 15 is 0 Å². The van der Waals surface area contributed by atoms with Gasteiger partial charge in [0.15, 0.2) is 0 Å². The molecule has 0 bridgehead atoms. The van der Waals surface area contributed by atoms with E-state index in [0.29, 0.717) is 0 Å². The molecule has 0 aromatic carbocycles. The van der Waals surface area contributed by atoms with Crippen molar-refractivity contribution in [3.05, 3.63) is 0 Å². The summed E-state index contributed by atoms with van der Waals surface area (Å²) in [5.74, 6) is 0.760. The summed E-state index contributed by atoms with van der Waals surface area (Å²) in [5.41, 5.74) is 0. The maximum Gasteiger partial charge on any atom is 0.410 e. The molecule has 0 aliphatic carbocycles. The van der Waals surface area contributed by atoms with Crippen LogP contribution in [0.5, 0.6) is 0 Å². The number of hydrogen-bond donors (Lipinski definition) is 1. The van der Waals surface area contributed by atoms with Gasteiger partial charge in [-0.2, -0.15) is 0 Å². The Morgan fingerprint density at radius 3 is 2.56 bits per heavy atom. The van der Waals surface area contributed by atoms with Crippen molar-refractivity contribution in [2.24, 2.45) is 5.92 Å². The molecule has 1 rings (SSSR count). The van der Waals surface area contributed by atoms with Gasteiger partial charge in [0.05, 0.1) is 6.10 Å². The molecule has 0 unspecified atom stereocenters. The number of hydrogen-bond acceptors (Lipinski definition) is 3. The molecule has 0 aromatic heterocycles. The molecule has 0 aromatic rings. The Balaban J connectivity index is 2.23. The summed E-state index contributed by atoms with van der Waals surface area (Å²) in [6, 6.07) is 0. The van der Waals surface area contributed by atoms with Crippen LogP contribution < -0.4 is 5.32 Å². The first-order valence-electron chi connectivity index (χ1n) is 6.23. The zero-order chi connectivity index (χ0) is 12.0. The number of rotatable bonds is 4. The molecule has 1 aliphatic heterocycles. The first-order chi connectivity index (χ1) is 7.63. The Hall–Kier alpha value is -0.770. The summed E-state index contributed by atoms with van der Waals surface area (Å²) in [6.45, 7) is 6.54. The van der Waals surface area contributed by atoms with E-state index < -0.39 is 0 Å². The number of nitrogens with zero attached hydrogens (tertiary/aromatic N) is 1. The molecule has 1 saturated heterocycles. The number of nitrogens with one attached hydrogen (secondary N) is 1. The summed E-state index contributed by atoms with van der Waals surface area (Å²) in [6.07, 6.45) is 3.25. The summed E-state index contributed by atoms with van der Waals surface area (Å²) in [5, 5.41) is 3.17. The number of piperidine rings is 1. The number of amides is 1. The monoisotopic (exact) mass is 228 g/mol. The average molecular weight is 228 g/mol. The highest BCUT2D eigenvalue weighted by Gasteiger charge is 2.23. The lowest BCUT2D eigenvalue weighted by Crippen LogP contribution is -2.40. The predicted molar refractivity (Wildman–Crippen MR) is 64.5 cm³/mol. The highest BCUT2D eigenvalue weighted by Crippen LogP contribution is 2.20. The maximum atomic E-state index is 11.6. The SMILES string of the molecule is CNCCC1CCN(C(=O)OC(C)C)CC1. The lowest BCUT2D eigenvalue weighted by molar-refractivity contribution is 0.0648. The first-order valence-corrected chi connectivity index (χ1v) is 6.23. The van der Waals surface area contributed by atoms with Gasteiger partial charge in [-0.3, -0.25) is 0 Å². The molecule has 1 fully saturated rings. The second-order valence-electron chi connectivity index (χ2n) is 4.76. The van der Waals surface area contributed by atoms with Crippen LogP contribution >= 0.6 is 0 Å². The van der Waals surface area contributed by atoms with Crippen LogP contribution in [0.1, 0.15) is 33.1 Å². The van der Waals surface area contributed by atoms with Crippen molar-refractivity contribution in [2.45, 2.75) is 39.2 Å². The molecular formula is C12H24N2O2. The quantitative estimate of drug-likeness (QED) is 0.798. The number of ether oxygens (including phenoxy) is 1. The Kier molecular flexibility index (Phi) is 5.60. The molecule has 94 valence electrons. The Morgan fingerprint density at radius 1 is 1.44 bits per heavy atom.